The molecule has 1 heterocycles. The van der Waals surface area contributed by atoms with Crippen molar-refractivity contribution in [3.8, 4) is 16.9 Å². The number of benzene rings is 2. The van der Waals surface area contributed by atoms with Crippen molar-refractivity contribution in [1.82, 2.24) is 4.57 Å². The van der Waals surface area contributed by atoms with Crippen LogP contribution >= 0.6 is 0 Å². The molecule has 4 heteroatoms. The van der Waals surface area contributed by atoms with Gasteiger partial charge in [-0.2, -0.15) is 0 Å². The number of hydrogen-bond acceptors (Lipinski definition) is 2. The molecule has 3 aromatic rings. The van der Waals surface area contributed by atoms with Gasteiger partial charge in [0.15, 0.2) is 0 Å². The number of aryl methyl sites for hydroxylation is 1. The molecule has 0 amide bonds. The smallest absolute Gasteiger partial charge is 0.337 e. The van der Waals surface area contributed by atoms with Crippen molar-refractivity contribution in [1.29, 1.82) is 0 Å². The number of carboxylic acid groups (broad SMARTS) is 1. The van der Waals surface area contributed by atoms with Crippen molar-refractivity contribution in [3.63, 3.8) is 0 Å². The molecule has 3 rings (SSSR count). The van der Waals surface area contributed by atoms with Gasteiger partial charge in [0.2, 0.25) is 0 Å². The maximum Gasteiger partial charge on any atom is 0.337 e. The average molecular weight is 281 g/mol. The summed E-state index contributed by atoms with van der Waals surface area (Å²) in [6, 6.07) is 13.5. The summed E-state index contributed by atoms with van der Waals surface area (Å²) in [4.78, 5) is 11.4. The van der Waals surface area contributed by atoms with E-state index in [2.05, 4.69) is 0 Å². The van der Waals surface area contributed by atoms with Gasteiger partial charge >= 0.3 is 5.97 Å². The zero-order valence-electron chi connectivity index (χ0n) is 11.8. The van der Waals surface area contributed by atoms with Gasteiger partial charge in [0.1, 0.15) is 5.75 Å². The highest BCUT2D eigenvalue weighted by Gasteiger charge is 2.14. The number of aromatic nitrogens is 1. The van der Waals surface area contributed by atoms with Crippen LogP contribution < -0.4 is 4.74 Å². The molecule has 0 saturated carbocycles. The molecule has 0 bridgehead atoms. The number of fused-ring (bicyclic) bond motifs is 1. The molecule has 0 saturated heterocycles. The first kappa shape index (κ1) is 13.2. The second-order valence-corrected chi connectivity index (χ2v) is 4.89. The lowest BCUT2D eigenvalue weighted by atomic mass is 10.0. The largest absolute Gasteiger partial charge is 0.496 e. The Balaban J connectivity index is 2.25. The lowest BCUT2D eigenvalue weighted by molar-refractivity contribution is 0.0699. The molecule has 106 valence electrons. The molecular formula is C17H15NO3. The van der Waals surface area contributed by atoms with Gasteiger partial charge in [-0.25, -0.2) is 4.79 Å². The SMILES string of the molecule is COc1ccccc1-c1ccc2c(c1)c(C(=O)O)cn2C. The fourth-order valence-corrected chi connectivity index (χ4v) is 2.61. The predicted octanol–water partition coefficient (Wildman–Crippen LogP) is 3.55. The maximum atomic E-state index is 11.4. The van der Waals surface area contributed by atoms with E-state index < -0.39 is 5.97 Å². The molecule has 0 aliphatic carbocycles. The van der Waals surface area contributed by atoms with E-state index in [-0.39, 0.29) is 0 Å². The molecular weight excluding hydrogens is 266 g/mol. The summed E-state index contributed by atoms with van der Waals surface area (Å²) in [7, 11) is 3.47. The Labute approximate surface area is 122 Å². The van der Waals surface area contributed by atoms with Crippen molar-refractivity contribution >= 4 is 16.9 Å². The molecule has 2 aromatic carbocycles. The van der Waals surface area contributed by atoms with Crippen LogP contribution in [0.2, 0.25) is 0 Å². The van der Waals surface area contributed by atoms with Crippen LogP contribution in [0.15, 0.2) is 48.7 Å². The summed E-state index contributed by atoms with van der Waals surface area (Å²) < 4.78 is 7.20. The molecule has 0 fully saturated rings. The molecule has 4 nitrogen and oxygen atoms in total. The number of ether oxygens (including phenoxy) is 1. The van der Waals surface area contributed by atoms with Gasteiger partial charge in [-0.3, -0.25) is 0 Å². The molecule has 1 aromatic heterocycles. The summed E-state index contributed by atoms with van der Waals surface area (Å²) in [5.74, 6) is -0.151. The summed E-state index contributed by atoms with van der Waals surface area (Å²) >= 11 is 0. The first-order valence-electron chi connectivity index (χ1n) is 6.57. The Hall–Kier alpha value is -2.75. The summed E-state index contributed by atoms with van der Waals surface area (Å²) in [6.07, 6.45) is 1.64. The van der Waals surface area contributed by atoms with Crippen LogP contribution in [0.4, 0.5) is 0 Å². The third-order valence-corrected chi connectivity index (χ3v) is 3.64. The standard InChI is InChI=1S/C17H15NO3/c1-18-10-14(17(19)20)13-9-11(7-8-15(13)18)12-5-3-4-6-16(12)21-2/h3-10H,1-2H3,(H,19,20). The minimum Gasteiger partial charge on any atom is -0.496 e. The molecule has 0 spiro atoms. The number of carbonyl (C=O) groups is 1. The minimum atomic E-state index is -0.919. The van der Waals surface area contributed by atoms with Crippen molar-refractivity contribution in [2.75, 3.05) is 7.11 Å². The van der Waals surface area contributed by atoms with Crippen LogP contribution in [0, 0.1) is 0 Å². The lowest BCUT2D eigenvalue weighted by Crippen LogP contribution is -1.94. The molecule has 0 unspecified atom stereocenters. The monoisotopic (exact) mass is 281 g/mol. The summed E-state index contributed by atoms with van der Waals surface area (Å²) in [5, 5.41) is 10.1. The number of carboxylic acids is 1. The number of nitrogens with zero attached hydrogens (tertiary/aromatic N) is 1. The fourth-order valence-electron chi connectivity index (χ4n) is 2.61. The van der Waals surface area contributed by atoms with Crippen LogP contribution in [-0.2, 0) is 7.05 Å². The number of para-hydroxylation sites is 1. The average Bonchev–Trinajstić information content (AvgIpc) is 2.84. The summed E-state index contributed by atoms with van der Waals surface area (Å²) in [5.41, 5.74) is 3.09. The van der Waals surface area contributed by atoms with Crippen LogP contribution in [0.3, 0.4) is 0 Å². The Morgan fingerprint density at radius 2 is 1.95 bits per heavy atom. The van der Waals surface area contributed by atoms with E-state index in [0.717, 1.165) is 27.8 Å². The Morgan fingerprint density at radius 1 is 1.19 bits per heavy atom. The third-order valence-electron chi connectivity index (χ3n) is 3.64. The highest BCUT2D eigenvalue weighted by atomic mass is 16.5. The van der Waals surface area contributed by atoms with Gasteiger partial charge in [-0.15, -0.1) is 0 Å². The molecule has 1 N–H and O–H groups in total. The molecule has 21 heavy (non-hydrogen) atoms. The van der Waals surface area contributed by atoms with Crippen molar-refractivity contribution < 1.29 is 14.6 Å². The van der Waals surface area contributed by atoms with E-state index in [1.165, 1.54) is 0 Å². The topological polar surface area (TPSA) is 51.5 Å². The van der Waals surface area contributed by atoms with Crippen LogP contribution in [0.25, 0.3) is 22.0 Å². The number of methoxy groups -OCH3 is 1. The van der Waals surface area contributed by atoms with Crippen LogP contribution in [0.1, 0.15) is 10.4 Å². The van der Waals surface area contributed by atoms with Gasteiger partial charge < -0.3 is 14.4 Å². The molecule has 0 atom stereocenters. The quantitative estimate of drug-likeness (QED) is 0.798. The zero-order chi connectivity index (χ0) is 15.0. The second kappa shape index (κ2) is 4.98. The zero-order valence-corrected chi connectivity index (χ0v) is 11.8. The van der Waals surface area contributed by atoms with E-state index in [9.17, 15) is 9.90 Å². The lowest BCUT2D eigenvalue weighted by Gasteiger charge is -2.08. The van der Waals surface area contributed by atoms with E-state index in [4.69, 9.17) is 4.74 Å². The van der Waals surface area contributed by atoms with Gasteiger partial charge in [0.05, 0.1) is 12.7 Å². The Bertz CT molecular complexity index is 833. The normalized spacial score (nSPS) is 10.8. The van der Waals surface area contributed by atoms with Crippen molar-refractivity contribution in [2.45, 2.75) is 0 Å². The van der Waals surface area contributed by atoms with E-state index in [1.54, 1.807) is 13.3 Å². The first-order valence-corrected chi connectivity index (χ1v) is 6.57. The number of hydrogen-bond donors (Lipinski definition) is 1. The molecule has 0 aliphatic heterocycles. The molecule has 0 aliphatic rings. The maximum absolute atomic E-state index is 11.4. The minimum absolute atomic E-state index is 0.309. The Morgan fingerprint density at radius 3 is 2.67 bits per heavy atom. The van der Waals surface area contributed by atoms with E-state index in [1.807, 2.05) is 54.1 Å². The number of rotatable bonds is 3. The van der Waals surface area contributed by atoms with E-state index in [0.29, 0.717) is 5.56 Å². The highest BCUT2D eigenvalue weighted by molar-refractivity contribution is 6.04. The van der Waals surface area contributed by atoms with E-state index >= 15 is 0 Å². The van der Waals surface area contributed by atoms with Crippen molar-refractivity contribution in [3.05, 3.63) is 54.2 Å². The van der Waals surface area contributed by atoms with Gasteiger partial charge in [-0.1, -0.05) is 24.3 Å². The summed E-state index contributed by atoms with van der Waals surface area (Å²) in [6.45, 7) is 0. The van der Waals surface area contributed by atoms with Gasteiger partial charge in [0, 0.05) is 29.7 Å². The fraction of sp³-hybridized carbons (Fsp3) is 0.118. The predicted molar refractivity (Wildman–Crippen MR) is 81.9 cm³/mol. The Kier molecular flexibility index (Phi) is 3.14. The van der Waals surface area contributed by atoms with Gasteiger partial charge in [-0.05, 0) is 23.8 Å². The van der Waals surface area contributed by atoms with Crippen molar-refractivity contribution in [2.24, 2.45) is 7.05 Å². The number of aromatic carboxylic acids is 1. The first-order chi connectivity index (χ1) is 10.1. The van der Waals surface area contributed by atoms with Gasteiger partial charge in [0.25, 0.3) is 0 Å². The van der Waals surface area contributed by atoms with Crippen LogP contribution in [0.5, 0.6) is 5.75 Å². The van der Waals surface area contributed by atoms with Crippen LogP contribution in [-0.4, -0.2) is 22.8 Å². The second-order valence-electron chi connectivity index (χ2n) is 4.89. The highest BCUT2D eigenvalue weighted by Crippen LogP contribution is 2.33. The third kappa shape index (κ3) is 2.14. The molecule has 0 radical (unpaired) electrons.